The molecule has 0 radical (unpaired) electrons. The number of anilines is 2. The summed E-state index contributed by atoms with van der Waals surface area (Å²) in [5.41, 5.74) is 1.61. The number of rotatable bonds is 13. The fourth-order valence-corrected chi connectivity index (χ4v) is 5.67. The highest BCUT2D eigenvalue weighted by molar-refractivity contribution is 5.78. The van der Waals surface area contributed by atoms with E-state index >= 15 is 0 Å². The van der Waals surface area contributed by atoms with Gasteiger partial charge in [-0.2, -0.15) is 5.26 Å². The maximum absolute atomic E-state index is 12.1. The van der Waals surface area contributed by atoms with Crippen LogP contribution >= 0.6 is 0 Å². The molecule has 1 saturated carbocycles. The molecule has 0 amide bonds. The van der Waals surface area contributed by atoms with Crippen molar-refractivity contribution < 1.29 is 19.0 Å². The molecular formula is C33H48N6O4. The Hall–Kier alpha value is -3.26. The highest BCUT2D eigenvalue weighted by Gasteiger charge is 2.33. The number of esters is 1. The number of carbonyl (C=O) groups excluding carboxylic acids is 1. The molecule has 2 aliphatic rings. The van der Waals surface area contributed by atoms with Crippen LogP contribution in [0.3, 0.4) is 0 Å². The van der Waals surface area contributed by atoms with Crippen molar-refractivity contribution in [3.63, 3.8) is 0 Å². The Morgan fingerprint density at radius 1 is 1.19 bits per heavy atom. The van der Waals surface area contributed by atoms with Gasteiger partial charge in [0.2, 0.25) is 0 Å². The fraction of sp³-hybridized carbons (Fsp3) is 0.636. The Morgan fingerprint density at radius 2 is 1.91 bits per heavy atom. The van der Waals surface area contributed by atoms with Gasteiger partial charge in [0.05, 0.1) is 30.4 Å². The van der Waals surface area contributed by atoms with Crippen molar-refractivity contribution in [1.29, 1.82) is 5.26 Å². The number of ether oxygens (including phenoxy) is 3. The van der Waals surface area contributed by atoms with Gasteiger partial charge >= 0.3 is 5.97 Å². The second-order valence-electron chi connectivity index (χ2n) is 12.5. The summed E-state index contributed by atoms with van der Waals surface area (Å²) in [4.78, 5) is 21.6. The monoisotopic (exact) mass is 592 g/mol. The van der Waals surface area contributed by atoms with E-state index in [4.69, 9.17) is 19.2 Å². The first-order valence-electron chi connectivity index (χ1n) is 15.6. The van der Waals surface area contributed by atoms with Crippen molar-refractivity contribution in [2.75, 3.05) is 43.6 Å². The first-order valence-corrected chi connectivity index (χ1v) is 15.6. The van der Waals surface area contributed by atoms with Gasteiger partial charge in [0, 0.05) is 49.6 Å². The Morgan fingerprint density at radius 3 is 2.60 bits per heavy atom. The smallest absolute Gasteiger partial charge is 0.337 e. The van der Waals surface area contributed by atoms with Crippen molar-refractivity contribution in [3.05, 3.63) is 36.0 Å². The number of carbonyl (C=O) groups is 1. The fourth-order valence-electron chi connectivity index (χ4n) is 5.67. The Balaban J connectivity index is 1.28. The minimum absolute atomic E-state index is 0.129. The van der Waals surface area contributed by atoms with E-state index in [-0.39, 0.29) is 12.0 Å². The Kier molecular flexibility index (Phi) is 11.4. The lowest BCUT2D eigenvalue weighted by atomic mass is 9.82. The molecule has 1 aliphatic carbocycles. The van der Waals surface area contributed by atoms with Crippen molar-refractivity contribution in [3.8, 4) is 17.3 Å². The normalized spacial score (nSPS) is 20.9. The molecule has 2 aromatic rings. The molecule has 1 aliphatic heterocycles. The number of aryl methyl sites for hydroxylation is 1. The first kappa shape index (κ1) is 32.6. The third-order valence-corrected chi connectivity index (χ3v) is 8.48. The van der Waals surface area contributed by atoms with Crippen LogP contribution in [-0.2, 0) is 19.0 Å². The number of pyridine rings is 2. The van der Waals surface area contributed by atoms with E-state index < -0.39 is 11.0 Å². The summed E-state index contributed by atoms with van der Waals surface area (Å²) in [6.45, 7) is 12.0. The van der Waals surface area contributed by atoms with Crippen LogP contribution in [0, 0.1) is 23.7 Å². The van der Waals surface area contributed by atoms with Crippen LogP contribution in [0.5, 0.6) is 0 Å². The van der Waals surface area contributed by atoms with Crippen LogP contribution in [0.2, 0.25) is 0 Å². The number of hydrogen-bond donors (Lipinski definition) is 3. The van der Waals surface area contributed by atoms with E-state index in [9.17, 15) is 10.1 Å². The number of aromatic nitrogens is 2. The molecule has 0 spiro atoms. The van der Waals surface area contributed by atoms with E-state index in [1.54, 1.807) is 20.8 Å². The SMILES string of the molecule is CCOC(=O)C(C)(C)OC[C@@H](C)NC1CCC(Nc2cc(-c3cccc(NCC4(C#N)CCOCC4)n3)c(C)cn2)CC1. The van der Waals surface area contributed by atoms with E-state index in [0.29, 0.717) is 45.1 Å². The van der Waals surface area contributed by atoms with E-state index in [1.165, 1.54) is 0 Å². The zero-order valence-electron chi connectivity index (χ0n) is 26.4. The topological polar surface area (TPSA) is 130 Å². The molecule has 234 valence electrons. The molecule has 43 heavy (non-hydrogen) atoms. The van der Waals surface area contributed by atoms with E-state index in [1.807, 2.05) is 24.4 Å². The predicted molar refractivity (Wildman–Crippen MR) is 168 cm³/mol. The van der Waals surface area contributed by atoms with Gasteiger partial charge in [-0.3, -0.25) is 0 Å². The van der Waals surface area contributed by atoms with Gasteiger partial charge in [-0.15, -0.1) is 0 Å². The van der Waals surface area contributed by atoms with Crippen molar-refractivity contribution in [1.82, 2.24) is 15.3 Å². The number of nitriles is 1. The van der Waals surface area contributed by atoms with E-state index in [0.717, 1.165) is 67.0 Å². The molecule has 0 unspecified atom stereocenters. The van der Waals surface area contributed by atoms with Crippen LogP contribution in [0.4, 0.5) is 11.6 Å². The molecule has 2 fully saturated rings. The van der Waals surface area contributed by atoms with Crippen molar-refractivity contribution in [2.24, 2.45) is 5.41 Å². The van der Waals surface area contributed by atoms with Gasteiger partial charge in [0.25, 0.3) is 0 Å². The summed E-state index contributed by atoms with van der Waals surface area (Å²) < 4.78 is 16.5. The van der Waals surface area contributed by atoms with Gasteiger partial charge in [0.1, 0.15) is 11.6 Å². The highest BCUT2D eigenvalue weighted by Crippen LogP contribution is 2.31. The average molecular weight is 593 g/mol. The summed E-state index contributed by atoms with van der Waals surface area (Å²) in [5, 5.41) is 20.5. The van der Waals surface area contributed by atoms with Gasteiger partial charge in [-0.05, 0) is 96.9 Å². The predicted octanol–water partition coefficient (Wildman–Crippen LogP) is 5.24. The molecule has 3 heterocycles. The zero-order chi connectivity index (χ0) is 30.9. The molecule has 4 rings (SSSR count). The number of nitrogens with zero attached hydrogens (tertiary/aromatic N) is 3. The molecular weight excluding hydrogens is 544 g/mol. The summed E-state index contributed by atoms with van der Waals surface area (Å²) in [6.07, 6.45) is 7.53. The quantitative estimate of drug-likeness (QED) is 0.265. The van der Waals surface area contributed by atoms with Crippen LogP contribution in [-0.4, -0.2) is 72.6 Å². The molecule has 10 nitrogen and oxygen atoms in total. The second kappa shape index (κ2) is 15.0. The van der Waals surface area contributed by atoms with Crippen molar-refractivity contribution in [2.45, 2.75) is 96.9 Å². The zero-order valence-corrected chi connectivity index (χ0v) is 26.4. The molecule has 1 atom stereocenters. The molecule has 0 aromatic carbocycles. The lowest BCUT2D eigenvalue weighted by molar-refractivity contribution is -0.168. The highest BCUT2D eigenvalue weighted by atomic mass is 16.6. The van der Waals surface area contributed by atoms with Crippen LogP contribution in [0.1, 0.15) is 71.8 Å². The van der Waals surface area contributed by atoms with Gasteiger partial charge in [0.15, 0.2) is 5.60 Å². The lowest BCUT2D eigenvalue weighted by Gasteiger charge is -2.33. The Labute approximate surface area is 256 Å². The summed E-state index contributed by atoms with van der Waals surface area (Å²) in [7, 11) is 0. The third-order valence-electron chi connectivity index (χ3n) is 8.48. The minimum Gasteiger partial charge on any atom is -0.464 e. The summed E-state index contributed by atoms with van der Waals surface area (Å²) >= 11 is 0. The molecule has 1 saturated heterocycles. The molecule has 0 bridgehead atoms. The van der Waals surface area contributed by atoms with Gasteiger partial charge in [-0.25, -0.2) is 14.8 Å². The van der Waals surface area contributed by atoms with Crippen LogP contribution < -0.4 is 16.0 Å². The third kappa shape index (κ3) is 9.12. The second-order valence-corrected chi connectivity index (χ2v) is 12.5. The average Bonchev–Trinajstić information content (AvgIpc) is 3.02. The van der Waals surface area contributed by atoms with Gasteiger partial charge in [-0.1, -0.05) is 6.07 Å². The summed E-state index contributed by atoms with van der Waals surface area (Å²) in [5.74, 6) is 1.28. The number of hydrogen-bond acceptors (Lipinski definition) is 10. The van der Waals surface area contributed by atoms with Gasteiger partial charge < -0.3 is 30.2 Å². The molecule has 3 N–H and O–H groups in total. The van der Waals surface area contributed by atoms with Crippen LogP contribution in [0.25, 0.3) is 11.3 Å². The van der Waals surface area contributed by atoms with E-state index in [2.05, 4.69) is 46.9 Å². The maximum Gasteiger partial charge on any atom is 0.337 e. The maximum atomic E-state index is 12.1. The summed E-state index contributed by atoms with van der Waals surface area (Å²) in [6, 6.07) is 11.4. The molecule has 2 aromatic heterocycles. The largest absolute Gasteiger partial charge is 0.464 e. The van der Waals surface area contributed by atoms with Crippen molar-refractivity contribution >= 4 is 17.6 Å². The minimum atomic E-state index is -0.953. The first-order chi connectivity index (χ1) is 20.6. The molecule has 10 heteroatoms. The standard InChI is InChI=1S/C33H48N6O4/c1-6-42-31(40)32(4,5)43-20-24(3)37-25-10-12-26(13-11-25)38-30-18-27(23(2)19-35-30)28-8-7-9-29(39-28)36-22-33(21-34)14-16-41-17-15-33/h7-9,18-19,24-26,37H,6,10-17,20,22H2,1-5H3,(H,35,38)(H,36,39)/t24-,25?,26?/m1/s1. The Bertz CT molecular complexity index is 1250. The lowest BCUT2D eigenvalue weighted by Crippen LogP contribution is -2.45. The van der Waals surface area contributed by atoms with Crippen LogP contribution in [0.15, 0.2) is 30.5 Å². The number of nitrogens with one attached hydrogen (secondary N) is 3.